The van der Waals surface area contributed by atoms with Gasteiger partial charge in [-0.1, -0.05) is 0 Å². The number of hydrogen-bond donors (Lipinski definition) is 2. The molecule has 0 unspecified atom stereocenters. The van der Waals surface area contributed by atoms with Crippen LogP contribution in [0.1, 0.15) is 28.8 Å². The third-order valence-corrected chi connectivity index (χ3v) is 2.99. The lowest BCUT2D eigenvalue weighted by atomic mass is 10.2. The van der Waals surface area contributed by atoms with Crippen molar-refractivity contribution in [2.45, 2.75) is 27.3 Å². The average Bonchev–Trinajstić information content (AvgIpc) is 2.63. The number of imidazole rings is 1. The first-order valence-corrected chi connectivity index (χ1v) is 5.45. The highest BCUT2D eigenvalue weighted by molar-refractivity contribution is 5.92. The second-order valence-electron chi connectivity index (χ2n) is 3.98. The molecule has 7 heteroatoms. The molecular weight excluding hydrogens is 238 g/mol. The largest absolute Gasteiger partial charge is 0.477 e. The zero-order valence-corrected chi connectivity index (χ0v) is 10.3. The quantitative estimate of drug-likeness (QED) is 0.768. The SMILES string of the molecule is CCn1c(C)nc2c1c(=O)c(C(=O)O)c(C)n2O. The summed E-state index contributed by atoms with van der Waals surface area (Å²) in [6, 6.07) is 0. The standard InChI is InChI=1S/C11H13N3O4/c1-4-13-6(3)12-10-8(13)9(15)7(11(16)17)5(2)14(10)18/h18H,4H2,1-3H3,(H,16,17). The van der Waals surface area contributed by atoms with Crippen molar-refractivity contribution in [3.63, 3.8) is 0 Å². The van der Waals surface area contributed by atoms with Crippen LogP contribution in [-0.2, 0) is 6.54 Å². The first-order chi connectivity index (χ1) is 8.40. The van der Waals surface area contributed by atoms with E-state index in [2.05, 4.69) is 4.98 Å². The Hall–Kier alpha value is -2.31. The number of carboxylic acid groups (broad SMARTS) is 1. The van der Waals surface area contributed by atoms with Gasteiger partial charge in [-0.25, -0.2) is 9.78 Å². The molecule has 0 aliphatic rings. The molecule has 0 saturated heterocycles. The number of aromatic carboxylic acids is 1. The lowest BCUT2D eigenvalue weighted by molar-refractivity contribution is 0.0689. The summed E-state index contributed by atoms with van der Waals surface area (Å²) < 4.78 is 2.23. The highest BCUT2D eigenvalue weighted by atomic mass is 16.5. The lowest BCUT2D eigenvalue weighted by Crippen LogP contribution is -2.23. The van der Waals surface area contributed by atoms with Gasteiger partial charge in [0.2, 0.25) is 5.43 Å². The monoisotopic (exact) mass is 251 g/mol. The van der Waals surface area contributed by atoms with Gasteiger partial charge in [-0.05, 0) is 20.8 Å². The number of aromatic nitrogens is 3. The smallest absolute Gasteiger partial charge is 0.341 e. The van der Waals surface area contributed by atoms with E-state index >= 15 is 0 Å². The molecule has 0 saturated carbocycles. The van der Waals surface area contributed by atoms with Crippen LogP contribution in [0.5, 0.6) is 0 Å². The second kappa shape index (κ2) is 3.86. The summed E-state index contributed by atoms with van der Waals surface area (Å²) in [7, 11) is 0. The third-order valence-electron chi connectivity index (χ3n) is 2.99. The number of hydrogen-bond acceptors (Lipinski definition) is 4. The van der Waals surface area contributed by atoms with Crippen molar-refractivity contribution in [3.05, 3.63) is 27.3 Å². The number of nitrogens with zero attached hydrogens (tertiary/aromatic N) is 3. The van der Waals surface area contributed by atoms with Crippen molar-refractivity contribution < 1.29 is 15.1 Å². The molecule has 7 nitrogen and oxygen atoms in total. The van der Waals surface area contributed by atoms with E-state index in [4.69, 9.17) is 5.11 Å². The van der Waals surface area contributed by atoms with Crippen LogP contribution < -0.4 is 5.43 Å². The van der Waals surface area contributed by atoms with Crippen molar-refractivity contribution in [1.29, 1.82) is 0 Å². The Labute approximate surface area is 102 Å². The van der Waals surface area contributed by atoms with Crippen molar-refractivity contribution in [2.24, 2.45) is 0 Å². The molecule has 2 rings (SSSR count). The molecule has 18 heavy (non-hydrogen) atoms. The second-order valence-corrected chi connectivity index (χ2v) is 3.98. The van der Waals surface area contributed by atoms with Gasteiger partial charge in [-0.3, -0.25) is 4.79 Å². The van der Waals surface area contributed by atoms with Gasteiger partial charge < -0.3 is 14.9 Å². The number of aryl methyl sites for hydroxylation is 2. The summed E-state index contributed by atoms with van der Waals surface area (Å²) >= 11 is 0. The third kappa shape index (κ3) is 1.40. The Balaban J connectivity index is 3.09. The molecule has 0 aliphatic heterocycles. The minimum atomic E-state index is -1.36. The summed E-state index contributed by atoms with van der Waals surface area (Å²) in [6.07, 6.45) is 0. The van der Waals surface area contributed by atoms with Gasteiger partial charge >= 0.3 is 5.97 Å². The first kappa shape index (κ1) is 12.2. The average molecular weight is 251 g/mol. The van der Waals surface area contributed by atoms with Gasteiger partial charge in [0.1, 0.15) is 16.9 Å². The predicted octanol–water partition coefficient (Wildman–Crippen LogP) is 0.770. The van der Waals surface area contributed by atoms with Gasteiger partial charge in [0, 0.05) is 6.54 Å². The lowest BCUT2D eigenvalue weighted by Gasteiger charge is -2.07. The van der Waals surface area contributed by atoms with Crippen LogP contribution in [0.4, 0.5) is 0 Å². The van der Waals surface area contributed by atoms with Gasteiger partial charge in [0.15, 0.2) is 5.65 Å². The maximum Gasteiger partial charge on any atom is 0.341 e. The van der Waals surface area contributed by atoms with Gasteiger partial charge in [0.25, 0.3) is 0 Å². The van der Waals surface area contributed by atoms with E-state index in [0.29, 0.717) is 17.1 Å². The van der Waals surface area contributed by atoms with Crippen LogP contribution in [0.15, 0.2) is 4.79 Å². The van der Waals surface area contributed by atoms with Crippen LogP contribution in [0.2, 0.25) is 0 Å². The number of carbonyl (C=O) groups is 1. The molecule has 0 amide bonds. The number of pyridine rings is 1. The Bertz CT molecular complexity index is 711. The summed E-state index contributed by atoms with van der Waals surface area (Å²) in [5, 5.41) is 18.9. The van der Waals surface area contributed by atoms with Gasteiger partial charge in [-0.15, -0.1) is 0 Å². The van der Waals surface area contributed by atoms with E-state index in [9.17, 15) is 14.8 Å². The van der Waals surface area contributed by atoms with E-state index in [1.54, 1.807) is 11.5 Å². The number of fused-ring (bicyclic) bond motifs is 1. The van der Waals surface area contributed by atoms with Gasteiger partial charge in [-0.2, -0.15) is 4.73 Å². The zero-order valence-electron chi connectivity index (χ0n) is 10.3. The summed E-state index contributed by atoms with van der Waals surface area (Å²) in [4.78, 5) is 27.3. The minimum absolute atomic E-state index is 0.0271. The normalized spacial score (nSPS) is 11.1. The van der Waals surface area contributed by atoms with Crippen LogP contribution in [0.3, 0.4) is 0 Å². The fraction of sp³-hybridized carbons (Fsp3) is 0.364. The van der Waals surface area contributed by atoms with Crippen molar-refractivity contribution in [3.8, 4) is 0 Å². The minimum Gasteiger partial charge on any atom is -0.477 e. The van der Waals surface area contributed by atoms with Crippen molar-refractivity contribution in [1.82, 2.24) is 14.3 Å². The maximum absolute atomic E-state index is 12.2. The zero-order chi connectivity index (χ0) is 13.6. The van der Waals surface area contributed by atoms with Gasteiger partial charge in [0.05, 0.1) is 5.69 Å². The highest BCUT2D eigenvalue weighted by Gasteiger charge is 2.23. The molecule has 0 atom stereocenters. The highest BCUT2D eigenvalue weighted by Crippen LogP contribution is 2.15. The number of carboxylic acids is 1. The molecule has 0 spiro atoms. The molecule has 0 aliphatic carbocycles. The van der Waals surface area contributed by atoms with Crippen LogP contribution in [0, 0.1) is 13.8 Å². The fourth-order valence-electron chi connectivity index (χ4n) is 2.11. The molecule has 2 aromatic rings. The predicted molar refractivity (Wildman–Crippen MR) is 63.3 cm³/mol. The van der Waals surface area contributed by atoms with Crippen LogP contribution in [-0.4, -0.2) is 30.6 Å². The molecule has 2 N–H and O–H groups in total. The molecule has 96 valence electrons. The molecular formula is C11H13N3O4. The summed E-state index contributed by atoms with van der Waals surface area (Å²) in [5.41, 5.74) is -0.884. The molecule has 2 heterocycles. The Morgan fingerprint density at radius 1 is 1.39 bits per heavy atom. The van der Waals surface area contributed by atoms with Crippen molar-refractivity contribution in [2.75, 3.05) is 0 Å². The number of rotatable bonds is 2. The van der Waals surface area contributed by atoms with E-state index in [1.165, 1.54) is 6.92 Å². The molecule has 0 bridgehead atoms. The van der Waals surface area contributed by atoms with E-state index in [-0.39, 0.29) is 16.9 Å². The van der Waals surface area contributed by atoms with E-state index < -0.39 is 17.0 Å². The molecule has 0 fully saturated rings. The Morgan fingerprint density at radius 2 is 2.00 bits per heavy atom. The molecule has 2 aromatic heterocycles. The van der Waals surface area contributed by atoms with E-state index in [1.807, 2.05) is 6.92 Å². The van der Waals surface area contributed by atoms with Crippen LogP contribution >= 0.6 is 0 Å². The van der Waals surface area contributed by atoms with Crippen molar-refractivity contribution >= 4 is 17.1 Å². The van der Waals surface area contributed by atoms with Crippen LogP contribution in [0.25, 0.3) is 11.2 Å². The fourth-order valence-corrected chi connectivity index (χ4v) is 2.11. The first-order valence-electron chi connectivity index (χ1n) is 5.45. The topological polar surface area (TPSA) is 97.4 Å². The summed E-state index contributed by atoms with van der Waals surface area (Å²) in [6.45, 7) is 5.35. The van der Waals surface area contributed by atoms with E-state index in [0.717, 1.165) is 0 Å². The molecule has 0 aromatic carbocycles. The molecule has 0 radical (unpaired) electrons. The Morgan fingerprint density at radius 3 is 2.50 bits per heavy atom. The summed E-state index contributed by atoms with van der Waals surface area (Å²) in [5.74, 6) is -0.807. The maximum atomic E-state index is 12.2. The Kier molecular flexibility index (Phi) is 2.61.